The van der Waals surface area contributed by atoms with Gasteiger partial charge in [-0.15, -0.1) is 0 Å². The minimum atomic E-state index is -0.244. The number of carbonyl (C=O) groups excluding carboxylic acids is 2. The number of benzene rings is 1. The summed E-state index contributed by atoms with van der Waals surface area (Å²) in [6.45, 7) is 8.43. The van der Waals surface area contributed by atoms with Gasteiger partial charge in [0.15, 0.2) is 5.11 Å². The van der Waals surface area contributed by atoms with Gasteiger partial charge in [0.2, 0.25) is 0 Å². The van der Waals surface area contributed by atoms with Gasteiger partial charge >= 0.3 is 5.97 Å². The van der Waals surface area contributed by atoms with Crippen molar-refractivity contribution in [1.82, 2.24) is 10.2 Å². The highest BCUT2D eigenvalue weighted by Gasteiger charge is 2.27. The zero-order chi connectivity index (χ0) is 20.5. The van der Waals surface area contributed by atoms with Gasteiger partial charge in [-0.3, -0.25) is 14.9 Å². The van der Waals surface area contributed by atoms with Crippen LogP contribution in [0.1, 0.15) is 50.4 Å². The van der Waals surface area contributed by atoms with Crippen molar-refractivity contribution < 1.29 is 19.1 Å². The summed E-state index contributed by atoms with van der Waals surface area (Å²) in [6.07, 6.45) is 2.35. The lowest BCUT2D eigenvalue weighted by atomic mass is 9.97. The third-order valence-electron chi connectivity index (χ3n) is 4.70. The molecule has 1 amide bonds. The highest BCUT2D eigenvalue weighted by molar-refractivity contribution is 7.80. The molecule has 1 aromatic carbocycles. The predicted molar refractivity (Wildman–Crippen MR) is 112 cm³/mol. The standard InChI is InChI=1S/C21H30N2O4S/c1-4-26-20(25)17-9-12-23(13-10-17)21(28)22-19(24)16-5-7-18(8-6-16)27-14-11-15(2)3/h5-8,15,17H,4,9-14H2,1-3H3,(H,22,24,28). The fraction of sp³-hybridized carbons (Fsp3) is 0.571. The zero-order valence-electron chi connectivity index (χ0n) is 16.9. The number of esters is 1. The smallest absolute Gasteiger partial charge is 0.309 e. The number of amides is 1. The molecule has 1 aliphatic heterocycles. The molecule has 0 spiro atoms. The number of likely N-dealkylation sites (tertiary alicyclic amines) is 1. The molecule has 6 nitrogen and oxygen atoms in total. The van der Waals surface area contributed by atoms with Crippen molar-refractivity contribution in [3.05, 3.63) is 29.8 Å². The first kappa shape index (κ1) is 22.1. The topological polar surface area (TPSA) is 67.9 Å². The molecule has 2 rings (SSSR count). The Balaban J connectivity index is 1.79. The fourth-order valence-electron chi connectivity index (χ4n) is 2.94. The largest absolute Gasteiger partial charge is 0.494 e. The quantitative estimate of drug-likeness (QED) is 0.553. The summed E-state index contributed by atoms with van der Waals surface area (Å²) in [5.41, 5.74) is 0.528. The molecule has 28 heavy (non-hydrogen) atoms. The number of ether oxygens (including phenoxy) is 2. The number of hydrogen-bond acceptors (Lipinski definition) is 5. The molecule has 1 fully saturated rings. The summed E-state index contributed by atoms with van der Waals surface area (Å²) in [5, 5.41) is 3.17. The lowest BCUT2D eigenvalue weighted by Crippen LogP contribution is -2.47. The van der Waals surface area contributed by atoms with E-state index in [-0.39, 0.29) is 17.8 Å². The van der Waals surface area contributed by atoms with Crippen LogP contribution in [0.3, 0.4) is 0 Å². The third kappa shape index (κ3) is 6.78. The van der Waals surface area contributed by atoms with Crippen LogP contribution in [0.25, 0.3) is 0 Å². The molecule has 1 N–H and O–H groups in total. The molecule has 0 aliphatic carbocycles. The van der Waals surface area contributed by atoms with Gasteiger partial charge in [0.1, 0.15) is 5.75 Å². The molecule has 154 valence electrons. The second-order valence-corrected chi connectivity index (χ2v) is 7.71. The molecule has 7 heteroatoms. The van der Waals surface area contributed by atoms with E-state index in [1.165, 1.54) is 0 Å². The molecule has 1 aromatic rings. The Hall–Kier alpha value is -2.15. The molecule has 1 saturated heterocycles. The number of piperidine rings is 1. The van der Waals surface area contributed by atoms with E-state index in [0.29, 0.717) is 55.7 Å². The van der Waals surface area contributed by atoms with Gasteiger partial charge < -0.3 is 14.4 Å². The van der Waals surface area contributed by atoms with Crippen LogP contribution in [0.4, 0.5) is 0 Å². The van der Waals surface area contributed by atoms with E-state index in [0.717, 1.165) is 12.2 Å². The second kappa shape index (κ2) is 11.0. The maximum atomic E-state index is 12.4. The molecule has 0 saturated carbocycles. The molecule has 0 bridgehead atoms. The normalized spacial score (nSPS) is 14.6. The number of hydrogen-bond donors (Lipinski definition) is 1. The summed E-state index contributed by atoms with van der Waals surface area (Å²) in [4.78, 5) is 26.2. The first-order valence-corrected chi connectivity index (χ1v) is 10.3. The lowest BCUT2D eigenvalue weighted by molar-refractivity contribution is -0.149. The molecular formula is C21H30N2O4S. The Morgan fingerprint density at radius 3 is 2.43 bits per heavy atom. The van der Waals surface area contributed by atoms with Gasteiger partial charge in [-0.25, -0.2) is 0 Å². The Bertz CT molecular complexity index is 667. The van der Waals surface area contributed by atoms with Crippen LogP contribution >= 0.6 is 12.2 Å². The van der Waals surface area contributed by atoms with Gasteiger partial charge in [-0.1, -0.05) is 13.8 Å². The molecule has 0 unspecified atom stereocenters. The lowest BCUT2D eigenvalue weighted by Gasteiger charge is -2.32. The molecule has 1 heterocycles. The van der Waals surface area contributed by atoms with Crippen molar-refractivity contribution in [2.45, 2.75) is 40.0 Å². The van der Waals surface area contributed by atoms with Crippen LogP contribution in [-0.2, 0) is 9.53 Å². The van der Waals surface area contributed by atoms with Gasteiger partial charge in [0.05, 0.1) is 19.1 Å². The number of carbonyl (C=O) groups is 2. The fourth-order valence-corrected chi connectivity index (χ4v) is 3.22. The van der Waals surface area contributed by atoms with Crippen molar-refractivity contribution in [1.29, 1.82) is 0 Å². The molecule has 0 aromatic heterocycles. The number of rotatable bonds is 7. The van der Waals surface area contributed by atoms with Crippen LogP contribution in [0, 0.1) is 11.8 Å². The van der Waals surface area contributed by atoms with Gasteiger partial charge in [0.25, 0.3) is 5.91 Å². The summed E-state index contributed by atoms with van der Waals surface area (Å²) < 4.78 is 10.7. The summed E-state index contributed by atoms with van der Waals surface area (Å²) in [5.74, 6) is 0.867. The van der Waals surface area contributed by atoms with E-state index in [1.807, 2.05) is 11.8 Å². The summed E-state index contributed by atoms with van der Waals surface area (Å²) >= 11 is 5.37. The predicted octanol–water partition coefficient (Wildman–Crippen LogP) is 3.40. The maximum absolute atomic E-state index is 12.4. The summed E-state index contributed by atoms with van der Waals surface area (Å²) in [6, 6.07) is 7.05. The minimum absolute atomic E-state index is 0.0852. The number of nitrogens with zero attached hydrogens (tertiary/aromatic N) is 1. The van der Waals surface area contributed by atoms with Crippen molar-refractivity contribution >= 4 is 29.2 Å². The zero-order valence-corrected chi connectivity index (χ0v) is 17.7. The van der Waals surface area contributed by atoms with Crippen molar-refractivity contribution in [3.63, 3.8) is 0 Å². The Labute approximate surface area is 172 Å². The first-order valence-electron chi connectivity index (χ1n) is 9.90. The van der Waals surface area contributed by atoms with E-state index in [9.17, 15) is 9.59 Å². The van der Waals surface area contributed by atoms with Crippen LogP contribution < -0.4 is 10.1 Å². The Kier molecular flexibility index (Phi) is 8.70. The van der Waals surface area contributed by atoms with E-state index in [4.69, 9.17) is 21.7 Å². The van der Waals surface area contributed by atoms with Crippen molar-refractivity contribution in [2.75, 3.05) is 26.3 Å². The highest BCUT2D eigenvalue weighted by Crippen LogP contribution is 2.19. The minimum Gasteiger partial charge on any atom is -0.494 e. The molecular weight excluding hydrogens is 376 g/mol. The van der Waals surface area contributed by atoms with Gasteiger partial charge in [-0.05, 0) is 68.6 Å². The number of thiocarbonyl (C=S) groups is 1. The maximum Gasteiger partial charge on any atom is 0.309 e. The van der Waals surface area contributed by atoms with Crippen LogP contribution in [0.15, 0.2) is 24.3 Å². The van der Waals surface area contributed by atoms with Gasteiger partial charge in [0, 0.05) is 18.7 Å². The Morgan fingerprint density at radius 2 is 1.86 bits per heavy atom. The van der Waals surface area contributed by atoms with E-state index in [2.05, 4.69) is 19.2 Å². The average Bonchev–Trinajstić information content (AvgIpc) is 2.68. The van der Waals surface area contributed by atoms with Crippen molar-refractivity contribution in [2.24, 2.45) is 11.8 Å². The van der Waals surface area contributed by atoms with Gasteiger partial charge in [-0.2, -0.15) is 0 Å². The van der Waals surface area contributed by atoms with E-state index < -0.39 is 0 Å². The first-order chi connectivity index (χ1) is 13.4. The number of nitrogens with one attached hydrogen (secondary N) is 1. The molecule has 0 atom stereocenters. The van der Waals surface area contributed by atoms with Crippen LogP contribution in [0.5, 0.6) is 5.75 Å². The van der Waals surface area contributed by atoms with Crippen LogP contribution in [-0.4, -0.2) is 48.2 Å². The summed E-state index contributed by atoms with van der Waals surface area (Å²) in [7, 11) is 0. The molecule has 1 aliphatic rings. The Morgan fingerprint density at radius 1 is 1.21 bits per heavy atom. The van der Waals surface area contributed by atoms with E-state index in [1.54, 1.807) is 24.3 Å². The van der Waals surface area contributed by atoms with E-state index >= 15 is 0 Å². The van der Waals surface area contributed by atoms with Crippen LogP contribution in [0.2, 0.25) is 0 Å². The highest BCUT2D eigenvalue weighted by atomic mass is 32.1. The average molecular weight is 407 g/mol. The monoisotopic (exact) mass is 406 g/mol. The SMILES string of the molecule is CCOC(=O)C1CCN(C(=S)NC(=O)c2ccc(OCCC(C)C)cc2)CC1. The van der Waals surface area contributed by atoms with Crippen molar-refractivity contribution in [3.8, 4) is 5.75 Å². The third-order valence-corrected chi connectivity index (χ3v) is 5.06. The molecule has 0 radical (unpaired) electrons. The second-order valence-electron chi connectivity index (χ2n) is 7.33.